The maximum absolute atomic E-state index is 11.0. The smallest absolute Gasteiger partial charge is 0.306 e. The van der Waals surface area contributed by atoms with E-state index in [1.807, 2.05) is 0 Å². The van der Waals surface area contributed by atoms with Gasteiger partial charge in [-0.3, -0.25) is 9.59 Å². The highest BCUT2D eigenvalue weighted by Crippen LogP contribution is 2.45. The second-order valence-corrected chi connectivity index (χ2v) is 4.03. The van der Waals surface area contributed by atoms with E-state index >= 15 is 0 Å². The van der Waals surface area contributed by atoms with Gasteiger partial charge in [0.15, 0.2) is 0 Å². The Morgan fingerprint density at radius 1 is 1.38 bits per heavy atom. The Hall–Kier alpha value is -1.06. The van der Waals surface area contributed by atoms with Crippen LogP contribution in [0.25, 0.3) is 0 Å². The molecule has 1 saturated heterocycles. The molecule has 0 aromatic heterocycles. The quantitative estimate of drug-likeness (QED) is 0.631. The monoisotopic (exact) mass is 183 g/mol. The Morgan fingerprint density at radius 3 is 2.62 bits per heavy atom. The molecule has 3 unspecified atom stereocenters. The fraction of sp³-hybridized carbons (Fsp3) is 0.778. The van der Waals surface area contributed by atoms with Crippen molar-refractivity contribution in [1.29, 1.82) is 0 Å². The Kier molecular flexibility index (Phi) is 1.78. The zero-order valence-corrected chi connectivity index (χ0v) is 7.56. The van der Waals surface area contributed by atoms with Crippen molar-refractivity contribution in [3.8, 4) is 0 Å². The van der Waals surface area contributed by atoms with Crippen LogP contribution >= 0.6 is 0 Å². The van der Waals surface area contributed by atoms with E-state index in [4.69, 9.17) is 5.11 Å². The predicted octanol–water partition coefficient (Wildman–Crippen LogP) is 0.185. The molecule has 1 N–H and O–H groups in total. The van der Waals surface area contributed by atoms with Gasteiger partial charge in [0.2, 0.25) is 5.91 Å². The molecular weight excluding hydrogens is 170 g/mol. The first kappa shape index (κ1) is 8.53. The zero-order chi connectivity index (χ0) is 9.59. The van der Waals surface area contributed by atoms with Crippen LogP contribution in [0.1, 0.15) is 13.3 Å². The Labute approximate surface area is 76.5 Å². The molecule has 0 aromatic rings. The van der Waals surface area contributed by atoms with Crippen molar-refractivity contribution in [3.63, 3.8) is 0 Å². The summed E-state index contributed by atoms with van der Waals surface area (Å²) in [6.45, 7) is 2.96. The molecule has 2 aliphatic rings. The Bertz CT molecular complexity index is 252. The first-order chi connectivity index (χ1) is 6.09. The van der Waals surface area contributed by atoms with E-state index in [-0.39, 0.29) is 17.7 Å². The highest BCUT2D eigenvalue weighted by atomic mass is 16.4. The summed E-state index contributed by atoms with van der Waals surface area (Å²) in [6, 6.07) is 0. The normalized spacial score (nSPS) is 36.7. The van der Waals surface area contributed by atoms with E-state index in [0.717, 1.165) is 13.0 Å². The summed E-state index contributed by atoms with van der Waals surface area (Å²) in [5, 5.41) is 8.80. The molecular formula is C9H13NO3. The molecule has 3 atom stereocenters. The number of fused-ring (bicyclic) bond motifs is 1. The maximum Gasteiger partial charge on any atom is 0.306 e. The van der Waals surface area contributed by atoms with Gasteiger partial charge >= 0.3 is 5.97 Å². The van der Waals surface area contributed by atoms with Gasteiger partial charge in [-0.1, -0.05) is 0 Å². The largest absolute Gasteiger partial charge is 0.481 e. The van der Waals surface area contributed by atoms with Crippen molar-refractivity contribution in [1.82, 2.24) is 4.90 Å². The predicted molar refractivity (Wildman–Crippen MR) is 45.0 cm³/mol. The molecule has 0 aromatic carbocycles. The van der Waals surface area contributed by atoms with Gasteiger partial charge in [0.05, 0.1) is 5.92 Å². The highest BCUT2D eigenvalue weighted by Gasteiger charge is 2.50. The fourth-order valence-corrected chi connectivity index (χ4v) is 2.45. The number of hydrogen-bond acceptors (Lipinski definition) is 2. The van der Waals surface area contributed by atoms with E-state index in [9.17, 15) is 9.59 Å². The molecule has 72 valence electrons. The van der Waals surface area contributed by atoms with Crippen molar-refractivity contribution in [3.05, 3.63) is 0 Å². The molecule has 2 rings (SSSR count). The number of carbonyl (C=O) groups excluding carboxylic acids is 1. The van der Waals surface area contributed by atoms with Gasteiger partial charge in [-0.2, -0.15) is 0 Å². The molecule has 1 aliphatic heterocycles. The average molecular weight is 183 g/mol. The maximum atomic E-state index is 11.0. The lowest BCUT2D eigenvalue weighted by Crippen LogP contribution is -2.40. The molecule has 1 amide bonds. The van der Waals surface area contributed by atoms with Gasteiger partial charge in [-0.05, 0) is 18.3 Å². The van der Waals surface area contributed by atoms with Crippen molar-refractivity contribution in [2.24, 2.45) is 17.8 Å². The van der Waals surface area contributed by atoms with Crippen LogP contribution in [0.3, 0.4) is 0 Å². The number of amides is 1. The van der Waals surface area contributed by atoms with Crippen molar-refractivity contribution >= 4 is 11.9 Å². The lowest BCUT2D eigenvalue weighted by atomic mass is 9.67. The summed E-state index contributed by atoms with van der Waals surface area (Å²) >= 11 is 0. The van der Waals surface area contributed by atoms with Gasteiger partial charge in [-0.25, -0.2) is 0 Å². The van der Waals surface area contributed by atoms with Gasteiger partial charge in [0, 0.05) is 20.0 Å². The van der Waals surface area contributed by atoms with Gasteiger partial charge in [0.1, 0.15) is 0 Å². The Balaban J connectivity index is 1.99. The minimum Gasteiger partial charge on any atom is -0.481 e. The van der Waals surface area contributed by atoms with Crippen LogP contribution in [-0.4, -0.2) is 35.0 Å². The number of rotatable bonds is 1. The van der Waals surface area contributed by atoms with E-state index in [1.54, 1.807) is 11.8 Å². The third-order valence-corrected chi connectivity index (χ3v) is 3.33. The molecule has 2 fully saturated rings. The van der Waals surface area contributed by atoms with E-state index in [2.05, 4.69) is 0 Å². The first-order valence-electron chi connectivity index (χ1n) is 4.58. The van der Waals surface area contributed by atoms with Crippen LogP contribution in [0.2, 0.25) is 0 Å². The molecule has 1 saturated carbocycles. The molecule has 4 nitrogen and oxygen atoms in total. The lowest BCUT2D eigenvalue weighted by Gasteiger charge is -2.35. The van der Waals surface area contributed by atoms with Gasteiger partial charge < -0.3 is 10.0 Å². The summed E-state index contributed by atoms with van der Waals surface area (Å²) in [5.74, 6) is -0.161. The van der Waals surface area contributed by atoms with Gasteiger partial charge in [0.25, 0.3) is 0 Å². The lowest BCUT2D eigenvalue weighted by molar-refractivity contribution is -0.149. The summed E-state index contributed by atoms with van der Waals surface area (Å²) < 4.78 is 0. The number of nitrogens with zero attached hydrogens (tertiary/aromatic N) is 1. The van der Waals surface area contributed by atoms with E-state index in [0.29, 0.717) is 12.5 Å². The second kappa shape index (κ2) is 2.72. The fourth-order valence-electron chi connectivity index (χ4n) is 2.45. The summed E-state index contributed by atoms with van der Waals surface area (Å²) in [6.07, 6.45) is 0.754. The molecule has 1 aliphatic carbocycles. The molecule has 0 bridgehead atoms. The SMILES string of the molecule is CC(=O)N1CC2CC(C(=O)O)C2C1. The molecule has 1 heterocycles. The minimum absolute atomic E-state index is 0.0681. The number of aliphatic carboxylic acids is 1. The number of carbonyl (C=O) groups is 2. The summed E-state index contributed by atoms with van der Waals surface area (Å²) in [4.78, 5) is 23.5. The molecule has 13 heavy (non-hydrogen) atoms. The number of carboxylic acids is 1. The summed E-state index contributed by atoms with van der Waals surface area (Å²) in [5.41, 5.74) is 0. The first-order valence-corrected chi connectivity index (χ1v) is 4.58. The van der Waals surface area contributed by atoms with Crippen LogP contribution in [0.4, 0.5) is 0 Å². The van der Waals surface area contributed by atoms with Crippen molar-refractivity contribution < 1.29 is 14.7 Å². The molecule has 0 radical (unpaired) electrons. The molecule has 0 spiro atoms. The second-order valence-electron chi connectivity index (χ2n) is 4.03. The summed E-state index contributed by atoms with van der Waals surface area (Å²) in [7, 11) is 0. The number of likely N-dealkylation sites (tertiary alicyclic amines) is 1. The van der Waals surface area contributed by atoms with Crippen LogP contribution in [0.15, 0.2) is 0 Å². The minimum atomic E-state index is -0.702. The number of hydrogen-bond donors (Lipinski definition) is 1. The highest BCUT2D eigenvalue weighted by molar-refractivity contribution is 5.75. The van der Waals surface area contributed by atoms with E-state index < -0.39 is 5.97 Å². The van der Waals surface area contributed by atoms with Crippen LogP contribution < -0.4 is 0 Å². The zero-order valence-electron chi connectivity index (χ0n) is 7.56. The van der Waals surface area contributed by atoms with Crippen LogP contribution in [0.5, 0.6) is 0 Å². The van der Waals surface area contributed by atoms with Crippen molar-refractivity contribution in [2.45, 2.75) is 13.3 Å². The average Bonchev–Trinajstić information content (AvgIpc) is 2.28. The van der Waals surface area contributed by atoms with E-state index in [1.165, 1.54) is 0 Å². The van der Waals surface area contributed by atoms with Crippen LogP contribution in [0, 0.1) is 17.8 Å². The molecule has 4 heteroatoms. The number of carboxylic acid groups (broad SMARTS) is 1. The Morgan fingerprint density at radius 2 is 2.08 bits per heavy atom. The standard InChI is InChI=1S/C9H13NO3/c1-5(11)10-3-6-2-7(9(12)13)8(6)4-10/h6-8H,2-4H2,1H3,(H,12,13). The van der Waals surface area contributed by atoms with Crippen LogP contribution in [-0.2, 0) is 9.59 Å². The topological polar surface area (TPSA) is 57.6 Å². The van der Waals surface area contributed by atoms with Crippen molar-refractivity contribution in [2.75, 3.05) is 13.1 Å². The third kappa shape index (κ3) is 1.20. The third-order valence-electron chi connectivity index (χ3n) is 3.33. The van der Waals surface area contributed by atoms with Gasteiger partial charge in [-0.15, -0.1) is 0 Å².